The summed E-state index contributed by atoms with van der Waals surface area (Å²) in [4.78, 5) is 37.6. The minimum atomic E-state index is -0.834. The van der Waals surface area contributed by atoms with Crippen molar-refractivity contribution in [1.82, 2.24) is 0 Å². The lowest BCUT2D eigenvalue weighted by Gasteiger charge is -2.55. The molecule has 4 rings (SSSR count). The van der Waals surface area contributed by atoms with Crippen LogP contribution in [0.5, 0.6) is 0 Å². The van der Waals surface area contributed by atoms with Gasteiger partial charge in [-0.2, -0.15) is 0 Å². The number of ketones is 2. The molecular formula is C29H42O5. The third-order valence-corrected chi connectivity index (χ3v) is 10.7. The summed E-state index contributed by atoms with van der Waals surface area (Å²) >= 11 is 0. The number of fused-ring (bicyclic) bond motifs is 4. The standard InChI is InChI=1S/C29H42O5/c1-15(17(3)27(33)34)7-8-16(2)19-9-10-20-25-23(31)13-21-18(4)22(30)11-12-28(21,5)26(25)24(32)14-29(19,20)6/h16-21,23,31H,1,7-14H2,2-6H3,(H,33,34)/t16-,17?,18+,19-,20+,21+,23-,28+,29-/m1/s1. The Bertz CT molecular complexity index is 946. The van der Waals surface area contributed by atoms with E-state index in [9.17, 15) is 24.6 Å². The van der Waals surface area contributed by atoms with Gasteiger partial charge in [0, 0.05) is 29.7 Å². The minimum absolute atomic E-state index is 0.0363. The highest BCUT2D eigenvalue weighted by Gasteiger charge is 2.61. The van der Waals surface area contributed by atoms with Crippen LogP contribution in [0.3, 0.4) is 0 Å². The second-order valence-electron chi connectivity index (χ2n) is 12.4. The van der Waals surface area contributed by atoms with Gasteiger partial charge in [-0.15, -0.1) is 0 Å². The smallest absolute Gasteiger partial charge is 0.310 e. The molecule has 5 heteroatoms. The van der Waals surface area contributed by atoms with Gasteiger partial charge in [-0.3, -0.25) is 14.4 Å². The summed E-state index contributed by atoms with van der Waals surface area (Å²) in [5.41, 5.74) is 2.13. The Balaban J connectivity index is 1.61. The molecule has 1 unspecified atom stereocenters. The molecule has 5 nitrogen and oxygen atoms in total. The summed E-state index contributed by atoms with van der Waals surface area (Å²) < 4.78 is 0. The van der Waals surface area contributed by atoms with Crippen molar-refractivity contribution in [3.05, 3.63) is 23.3 Å². The first-order valence-electron chi connectivity index (χ1n) is 13.2. The van der Waals surface area contributed by atoms with E-state index in [-0.39, 0.29) is 40.2 Å². The molecule has 2 N–H and O–H groups in total. The Morgan fingerprint density at radius 3 is 2.53 bits per heavy atom. The van der Waals surface area contributed by atoms with E-state index in [1.54, 1.807) is 6.92 Å². The lowest BCUT2D eigenvalue weighted by atomic mass is 9.48. The van der Waals surface area contributed by atoms with Gasteiger partial charge in [0.1, 0.15) is 5.78 Å². The Kier molecular flexibility index (Phi) is 6.50. The number of carboxylic acids is 1. The molecule has 0 bridgehead atoms. The van der Waals surface area contributed by atoms with E-state index in [0.29, 0.717) is 43.9 Å². The summed E-state index contributed by atoms with van der Waals surface area (Å²) in [6.07, 6.45) is 5.24. The highest BCUT2D eigenvalue weighted by molar-refractivity contribution is 6.00. The third-order valence-electron chi connectivity index (χ3n) is 10.7. The fraction of sp³-hybridized carbons (Fsp3) is 0.759. The Morgan fingerprint density at radius 2 is 1.88 bits per heavy atom. The van der Waals surface area contributed by atoms with Crippen LogP contribution in [-0.4, -0.2) is 33.9 Å². The highest BCUT2D eigenvalue weighted by Crippen LogP contribution is 2.65. The van der Waals surface area contributed by atoms with Crippen LogP contribution in [0.4, 0.5) is 0 Å². The molecule has 2 saturated carbocycles. The van der Waals surface area contributed by atoms with E-state index in [1.165, 1.54) is 0 Å². The van der Waals surface area contributed by atoms with E-state index in [4.69, 9.17) is 0 Å². The van der Waals surface area contributed by atoms with Crippen LogP contribution in [-0.2, 0) is 14.4 Å². The quantitative estimate of drug-likeness (QED) is 0.509. The van der Waals surface area contributed by atoms with Gasteiger partial charge in [-0.1, -0.05) is 39.8 Å². The van der Waals surface area contributed by atoms with Gasteiger partial charge >= 0.3 is 5.97 Å². The van der Waals surface area contributed by atoms with Crippen LogP contribution in [0.2, 0.25) is 0 Å². The molecule has 0 aromatic carbocycles. The molecule has 34 heavy (non-hydrogen) atoms. The van der Waals surface area contributed by atoms with Gasteiger partial charge in [0.2, 0.25) is 0 Å². The van der Waals surface area contributed by atoms with E-state index in [1.807, 2.05) is 6.92 Å². The second kappa shape index (κ2) is 8.72. The first-order chi connectivity index (χ1) is 15.8. The van der Waals surface area contributed by atoms with E-state index in [0.717, 1.165) is 36.0 Å². The summed E-state index contributed by atoms with van der Waals surface area (Å²) in [5, 5.41) is 20.6. The lowest BCUT2D eigenvalue weighted by molar-refractivity contribution is -0.140. The first kappa shape index (κ1) is 25.3. The van der Waals surface area contributed by atoms with Crippen molar-refractivity contribution in [3.63, 3.8) is 0 Å². The largest absolute Gasteiger partial charge is 0.481 e. The zero-order valence-electron chi connectivity index (χ0n) is 21.5. The number of carbonyl (C=O) groups excluding carboxylic acids is 2. The molecule has 0 amide bonds. The SMILES string of the molecule is C=C(CC[C@@H](C)[C@H]1CC[C@H]2C3=C(C(=O)C[C@]12C)[C@@]1(C)CCC(=O)[C@@H](C)[C@@H]1C[C@H]3O)C(C)C(=O)O. The van der Waals surface area contributed by atoms with Crippen molar-refractivity contribution < 1.29 is 24.6 Å². The Hall–Kier alpha value is -1.75. The van der Waals surface area contributed by atoms with Crippen molar-refractivity contribution >= 4 is 17.5 Å². The maximum atomic E-state index is 13.8. The van der Waals surface area contributed by atoms with Gasteiger partial charge in [0.05, 0.1) is 12.0 Å². The molecule has 4 aliphatic carbocycles. The van der Waals surface area contributed by atoms with Crippen LogP contribution < -0.4 is 0 Å². The molecule has 0 aromatic rings. The average Bonchev–Trinajstić information content (AvgIpc) is 3.11. The molecule has 0 radical (unpaired) electrons. The van der Waals surface area contributed by atoms with E-state index in [2.05, 4.69) is 27.4 Å². The van der Waals surface area contributed by atoms with Gasteiger partial charge in [-0.05, 0) is 80.1 Å². The third kappa shape index (κ3) is 3.73. The van der Waals surface area contributed by atoms with E-state index < -0.39 is 18.0 Å². The predicted molar refractivity (Wildman–Crippen MR) is 131 cm³/mol. The average molecular weight is 471 g/mol. The van der Waals surface area contributed by atoms with Gasteiger partial charge < -0.3 is 10.2 Å². The number of carboxylic acid groups (broad SMARTS) is 1. The molecule has 0 saturated heterocycles. The maximum absolute atomic E-state index is 13.8. The van der Waals surface area contributed by atoms with Crippen molar-refractivity contribution in [3.8, 4) is 0 Å². The van der Waals surface area contributed by atoms with Gasteiger partial charge in [0.25, 0.3) is 0 Å². The normalized spacial score (nSPS) is 41.4. The first-order valence-corrected chi connectivity index (χ1v) is 13.2. The number of hydrogen-bond donors (Lipinski definition) is 2. The zero-order chi connectivity index (χ0) is 25.2. The van der Waals surface area contributed by atoms with Crippen LogP contribution in [0, 0.1) is 46.3 Å². The van der Waals surface area contributed by atoms with Crippen molar-refractivity contribution in [2.75, 3.05) is 0 Å². The molecule has 2 fully saturated rings. The predicted octanol–water partition coefficient (Wildman–Crippen LogP) is 5.37. The number of allylic oxidation sites excluding steroid dienone is 1. The zero-order valence-corrected chi connectivity index (χ0v) is 21.5. The molecule has 0 aromatic heterocycles. The number of Topliss-reactive ketones (excluding diaryl/α,β-unsaturated/α-hetero) is 2. The fourth-order valence-electron chi connectivity index (χ4n) is 8.50. The van der Waals surface area contributed by atoms with Crippen molar-refractivity contribution in [2.24, 2.45) is 46.3 Å². The summed E-state index contributed by atoms with van der Waals surface area (Å²) in [7, 11) is 0. The van der Waals surface area contributed by atoms with E-state index >= 15 is 0 Å². The molecule has 0 spiro atoms. The number of aliphatic hydroxyl groups is 1. The van der Waals surface area contributed by atoms with Crippen LogP contribution in [0.15, 0.2) is 23.3 Å². The minimum Gasteiger partial charge on any atom is -0.481 e. The number of aliphatic carboxylic acids is 1. The Labute approximate surface area is 204 Å². The summed E-state index contributed by atoms with van der Waals surface area (Å²) in [6.45, 7) is 14.3. The molecule has 4 aliphatic rings. The van der Waals surface area contributed by atoms with Crippen molar-refractivity contribution in [2.45, 2.75) is 92.1 Å². The van der Waals surface area contributed by atoms with Gasteiger partial charge in [0.15, 0.2) is 5.78 Å². The van der Waals surface area contributed by atoms with Crippen LogP contribution in [0.25, 0.3) is 0 Å². The monoisotopic (exact) mass is 470 g/mol. The summed E-state index contributed by atoms with van der Waals surface area (Å²) in [6, 6.07) is 0. The Morgan fingerprint density at radius 1 is 1.21 bits per heavy atom. The molecule has 188 valence electrons. The number of carbonyl (C=O) groups is 3. The summed E-state index contributed by atoms with van der Waals surface area (Å²) in [5.74, 6) is -0.0967. The lowest BCUT2D eigenvalue weighted by Crippen LogP contribution is -2.54. The topological polar surface area (TPSA) is 91.7 Å². The maximum Gasteiger partial charge on any atom is 0.310 e. The number of rotatable bonds is 6. The van der Waals surface area contributed by atoms with Crippen LogP contribution >= 0.6 is 0 Å². The molecule has 9 atom stereocenters. The molecule has 0 aliphatic heterocycles. The van der Waals surface area contributed by atoms with Crippen molar-refractivity contribution in [1.29, 1.82) is 0 Å². The molecule has 0 heterocycles. The van der Waals surface area contributed by atoms with Crippen LogP contribution in [0.1, 0.15) is 86.0 Å². The van der Waals surface area contributed by atoms with Gasteiger partial charge in [-0.25, -0.2) is 0 Å². The number of hydrogen-bond acceptors (Lipinski definition) is 4. The number of aliphatic hydroxyl groups excluding tert-OH is 1. The fourth-order valence-corrected chi connectivity index (χ4v) is 8.50. The second-order valence-corrected chi connectivity index (χ2v) is 12.4. The molecular weight excluding hydrogens is 428 g/mol. The highest BCUT2D eigenvalue weighted by atomic mass is 16.4.